The molecule has 1 saturated heterocycles. The van der Waals surface area contributed by atoms with Crippen LogP contribution in [0, 0.1) is 0 Å². The SMILES string of the molecule is O=C(NC1CCC(O)CC1)c1c(CN2CCC(c3ccccc3)(c3ccccc3)CC2)ncn1Cc1ccc(Cl)cc1. The normalized spacial score (nSPS) is 20.7. The van der Waals surface area contributed by atoms with E-state index in [4.69, 9.17) is 16.6 Å². The second-order valence-electron chi connectivity index (χ2n) is 11.9. The number of aliphatic hydroxyl groups is 1. The van der Waals surface area contributed by atoms with E-state index < -0.39 is 0 Å². The maximum Gasteiger partial charge on any atom is 0.270 e. The van der Waals surface area contributed by atoms with Crippen LogP contribution in [0.2, 0.25) is 5.02 Å². The van der Waals surface area contributed by atoms with Crippen LogP contribution in [0.25, 0.3) is 0 Å². The number of piperidine rings is 1. The third kappa shape index (κ3) is 6.31. The number of halogens is 1. The van der Waals surface area contributed by atoms with Crippen molar-refractivity contribution in [3.63, 3.8) is 0 Å². The molecule has 6 nitrogen and oxygen atoms in total. The number of benzene rings is 3. The summed E-state index contributed by atoms with van der Waals surface area (Å²) in [7, 11) is 0. The molecule has 1 aliphatic heterocycles. The predicted octanol–water partition coefficient (Wildman–Crippen LogP) is 6.20. The molecule has 2 fully saturated rings. The molecule has 0 atom stereocenters. The van der Waals surface area contributed by atoms with Gasteiger partial charge >= 0.3 is 0 Å². The van der Waals surface area contributed by atoms with E-state index in [9.17, 15) is 9.90 Å². The lowest BCUT2D eigenvalue weighted by Crippen LogP contribution is -2.43. The average Bonchev–Trinajstić information content (AvgIpc) is 3.42. The fourth-order valence-corrected chi connectivity index (χ4v) is 6.87. The molecule has 3 aromatic carbocycles. The number of aliphatic hydroxyl groups excluding tert-OH is 1. The first-order valence-corrected chi connectivity index (χ1v) is 15.5. The minimum atomic E-state index is -0.262. The Labute approximate surface area is 253 Å². The lowest BCUT2D eigenvalue weighted by Gasteiger charge is -2.43. The summed E-state index contributed by atoms with van der Waals surface area (Å²) < 4.78 is 1.97. The van der Waals surface area contributed by atoms with Crippen molar-refractivity contribution in [2.45, 2.75) is 69.2 Å². The molecule has 1 aromatic heterocycles. The first kappa shape index (κ1) is 28.7. The van der Waals surface area contributed by atoms with Gasteiger partial charge in [0.15, 0.2) is 0 Å². The number of carbonyl (C=O) groups is 1. The largest absolute Gasteiger partial charge is 0.393 e. The second kappa shape index (κ2) is 12.8. The van der Waals surface area contributed by atoms with Gasteiger partial charge in [-0.2, -0.15) is 0 Å². The van der Waals surface area contributed by atoms with Crippen molar-refractivity contribution in [1.29, 1.82) is 0 Å². The minimum absolute atomic E-state index is 0.0291. The van der Waals surface area contributed by atoms with Crippen molar-refractivity contribution in [3.05, 3.63) is 124 Å². The Kier molecular flexibility index (Phi) is 8.75. The van der Waals surface area contributed by atoms with Gasteiger partial charge in [0, 0.05) is 29.6 Å². The van der Waals surface area contributed by atoms with E-state index in [0.717, 1.165) is 62.9 Å². The van der Waals surface area contributed by atoms with Crippen LogP contribution in [0.1, 0.15) is 71.4 Å². The van der Waals surface area contributed by atoms with E-state index >= 15 is 0 Å². The lowest BCUT2D eigenvalue weighted by atomic mass is 9.68. The van der Waals surface area contributed by atoms with E-state index in [1.807, 2.05) is 28.8 Å². The van der Waals surface area contributed by atoms with Gasteiger partial charge in [0.25, 0.3) is 5.91 Å². The van der Waals surface area contributed by atoms with Crippen LogP contribution in [0.5, 0.6) is 0 Å². The first-order chi connectivity index (χ1) is 20.5. The van der Waals surface area contributed by atoms with Gasteiger partial charge in [-0.25, -0.2) is 4.98 Å². The molecule has 218 valence electrons. The fourth-order valence-electron chi connectivity index (χ4n) is 6.74. The summed E-state index contributed by atoms with van der Waals surface area (Å²) in [5.41, 5.74) is 5.19. The number of hydrogen-bond acceptors (Lipinski definition) is 4. The Bertz CT molecular complexity index is 1410. The lowest BCUT2D eigenvalue weighted by molar-refractivity contribution is 0.0856. The van der Waals surface area contributed by atoms with E-state index in [2.05, 4.69) is 70.9 Å². The number of carbonyl (C=O) groups excluding carboxylic acids is 1. The van der Waals surface area contributed by atoms with Crippen molar-refractivity contribution in [1.82, 2.24) is 19.8 Å². The highest BCUT2D eigenvalue weighted by atomic mass is 35.5. The van der Waals surface area contributed by atoms with Gasteiger partial charge in [-0.05, 0) is 80.4 Å². The molecule has 42 heavy (non-hydrogen) atoms. The number of aromatic nitrogens is 2. The molecule has 6 rings (SSSR count). The minimum Gasteiger partial charge on any atom is -0.393 e. The summed E-state index contributed by atoms with van der Waals surface area (Å²) in [6.45, 7) is 2.99. The molecule has 0 unspecified atom stereocenters. The number of likely N-dealkylation sites (tertiary alicyclic amines) is 1. The molecule has 1 amide bonds. The zero-order chi connectivity index (χ0) is 28.9. The van der Waals surface area contributed by atoms with E-state index in [1.165, 1.54) is 11.1 Å². The Morgan fingerprint density at radius 3 is 2.05 bits per heavy atom. The average molecular weight is 583 g/mol. The number of rotatable bonds is 8. The number of amides is 1. The van der Waals surface area contributed by atoms with Crippen molar-refractivity contribution in [2.75, 3.05) is 13.1 Å². The quantitative estimate of drug-likeness (QED) is 0.259. The molecule has 0 radical (unpaired) electrons. The zero-order valence-corrected chi connectivity index (χ0v) is 24.7. The number of nitrogens with one attached hydrogen (secondary N) is 1. The monoisotopic (exact) mass is 582 g/mol. The van der Waals surface area contributed by atoms with Crippen LogP contribution in [0.3, 0.4) is 0 Å². The maximum atomic E-state index is 13.8. The van der Waals surface area contributed by atoms with Crippen molar-refractivity contribution < 1.29 is 9.90 Å². The molecule has 2 heterocycles. The summed E-state index contributed by atoms with van der Waals surface area (Å²) in [5, 5.41) is 13.9. The summed E-state index contributed by atoms with van der Waals surface area (Å²) in [6, 6.07) is 29.5. The molecule has 2 N–H and O–H groups in total. The van der Waals surface area contributed by atoms with Gasteiger partial charge in [-0.3, -0.25) is 9.69 Å². The van der Waals surface area contributed by atoms with E-state index in [-0.39, 0.29) is 23.5 Å². The summed E-state index contributed by atoms with van der Waals surface area (Å²) in [6.07, 6.45) is 6.56. The van der Waals surface area contributed by atoms with Crippen LogP contribution in [-0.2, 0) is 18.5 Å². The third-order valence-corrected chi connectivity index (χ3v) is 9.41. The fraction of sp³-hybridized carbons (Fsp3) is 0.371. The van der Waals surface area contributed by atoms with Crippen LogP contribution in [0.4, 0.5) is 0 Å². The van der Waals surface area contributed by atoms with Crippen LogP contribution >= 0.6 is 11.6 Å². The van der Waals surface area contributed by atoms with Gasteiger partial charge in [-0.15, -0.1) is 0 Å². The standard InChI is InChI=1S/C35H39ClN4O2/c36-29-13-11-26(12-14-29)23-40-25-37-32(33(40)34(42)38-30-15-17-31(41)18-16-30)24-39-21-19-35(20-22-39,27-7-3-1-4-8-27)28-9-5-2-6-10-28/h1-14,25,30-31,41H,15-24H2,(H,38,42). The Morgan fingerprint density at radius 1 is 0.857 bits per heavy atom. The van der Waals surface area contributed by atoms with Gasteiger partial charge in [0.1, 0.15) is 5.69 Å². The molecule has 4 aromatic rings. The third-order valence-electron chi connectivity index (χ3n) is 9.16. The van der Waals surface area contributed by atoms with Crippen molar-refractivity contribution >= 4 is 17.5 Å². The zero-order valence-electron chi connectivity index (χ0n) is 24.0. The maximum absolute atomic E-state index is 13.8. The smallest absolute Gasteiger partial charge is 0.270 e. The summed E-state index contributed by atoms with van der Waals surface area (Å²) >= 11 is 6.12. The molecule has 1 saturated carbocycles. The van der Waals surface area contributed by atoms with Crippen molar-refractivity contribution in [3.8, 4) is 0 Å². The second-order valence-corrected chi connectivity index (χ2v) is 12.3. The number of nitrogens with zero attached hydrogens (tertiary/aromatic N) is 3. The van der Waals surface area contributed by atoms with Crippen molar-refractivity contribution in [2.24, 2.45) is 0 Å². The van der Waals surface area contributed by atoms with Crippen LogP contribution < -0.4 is 5.32 Å². The molecule has 1 aliphatic carbocycles. The highest BCUT2D eigenvalue weighted by Crippen LogP contribution is 2.42. The van der Waals surface area contributed by atoms with Gasteiger partial charge in [0.2, 0.25) is 0 Å². The van der Waals surface area contributed by atoms with E-state index in [0.29, 0.717) is 23.8 Å². The Balaban J connectivity index is 1.22. The van der Waals surface area contributed by atoms with Gasteiger partial charge < -0.3 is 15.0 Å². The molecule has 7 heteroatoms. The van der Waals surface area contributed by atoms with E-state index in [1.54, 1.807) is 6.33 Å². The predicted molar refractivity (Wildman–Crippen MR) is 167 cm³/mol. The summed E-state index contributed by atoms with van der Waals surface area (Å²) in [5.74, 6) is -0.0854. The van der Waals surface area contributed by atoms with Crippen LogP contribution in [0.15, 0.2) is 91.3 Å². The number of imidazole rings is 1. The molecular weight excluding hydrogens is 544 g/mol. The highest BCUT2D eigenvalue weighted by Gasteiger charge is 2.38. The molecular formula is C35H39ClN4O2. The molecule has 2 aliphatic rings. The number of hydrogen-bond donors (Lipinski definition) is 2. The molecule has 0 bridgehead atoms. The highest BCUT2D eigenvalue weighted by molar-refractivity contribution is 6.30. The van der Waals surface area contributed by atoms with Crippen LogP contribution in [-0.4, -0.2) is 50.7 Å². The van der Waals surface area contributed by atoms with Gasteiger partial charge in [0.05, 0.1) is 18.1 Å². The topological polar surface area (TPSA) is 70.4 Å². The Morgan fingerprint density at radius 2 is 1.45 bits per heavy atom. The van der Waals surface area contributed by atoms with Gasteiger partial charge in [-0.1, -0.05) is 84.4 Å². The first-order valence-electron chi connectivity index (χ1n) is 15.1. The molecule has 0 spiro atoms. The Hall–Kier alpha value is -3.45. The summed E-state index contributed by atoms with van der Waals surface area (Å²) in [4.78, 5) is 21.0.